The molecule has 4 aromatic rings. The summed E-state index contributed by atoms with van der Waals surface area (Å²) in [4.78, 5) is 35.5. The van der Waals surface area contributed by atoms with E-state index in [9.17, 15) is 9.59 Å². The van der Waals surface area contributed by atoms with E-state index >= 15 is 0 Å². The zero-order chi connectivity index (χ0) is 25.7. The van der Waals surface area contributed by atoms with E-state index < -0.39 is 5.41 Å². The van der Waals surface area contributed by atoms with Gasteiger partial charge < -0.3 is 16.0 Å². The molecule has 4 N–H and O–H groups in total. The minimum atomic E-state index is -0.688. The molecule has 1 aliphatic carbocycles. The molecule has 2 amide bonds. The summed E-state index contributed by atoms with van der Waals surface area (Å²) >= 11 is 12.7. The van der Waals surface area contributed by atoms with Crippen molar-refractivity contribution in [3.05, 3.63) is 75.5 Å². The first kappa shape index (κ1) is 24.2. The van der Waals surface area contributed by atoms with Crippen molar-refractivity contribution in [3.8, 4) is 0 Å². The van der Waals surface area contributed by atoms with E-state index in [1.165, 1.54) is 0 Å². The summed E-state index contributed by atoms with van der Waals surface area (Å²) in [6.45, 7) is 2.40. The molecule has 0 spiro atoms. The third-order valence-electron chi connectivity index (χ3n) is 7.82. The maximum Gasteiger partial charge on any atom is 0.251 e. The number of piperidine rings is 1. The number of pyridine rings is 1. The summed E-state index contributed by atoms with van der Waals surface area (Å²) in [6, 6.07) is 13.3. The third-order valence-corrected chi connectivity index (χ3v) is 8.53. The Labute approximate surface area is 224 Å². The number of aromatic amines is 1. The molecule has 0 bridgehead atoms. The number of halogens is 2. The molecule has 9 heteroatoms. The first-order chi connectivity index (χ1) is 17.9. The zero-order valence-electron chi connectivity index (χ0n) is 20.2. The molecular formula is C28H27Cl2N5O2. The highest BCUT2D eigenvalue weighted by atomic mass is 35.5. The van der Waals surface area contributed by atoms with Gasteiger partial charge >= 0.3 is 0 Å². The second-order valence-corrected chi connectivity index (χ2v) is 11.0. The average Bonchev–Trinajstić information content (AvgIpc) is 3.62. The Balaban J connectivity index is 1.15. The Hall–Kier alpha value is -3.13. The number of hydrogen-bond donors (Lipinski definition) is 3. The number of nitrogens with two attached hydrogens (primary N) is 1. The minimum Gasteiger partial charge on any atom is -0.369 e. The Morgan fingerprint density at radius 1 is 1.08 bits per heavy atom. The molecule has 37 heavy (non-hydrogen) atoms. The van der Waals surface area contributed by atoms with Gasteiger partial charge in [0.15, 0.2) is 0 Å². The van der Waals surface area contributed by atoms with Gasteiger partial charge in [0.1, 0.15) is 0 Å². The number of primary amides is 1. The minimum absolute atomic E-state index is 0.0951. The van der Waals surface area contributed by atoms with E-state index in [1.807, 2.05) is 42.5 Å². The van der Waals surface area contributed by atoms with Crippen LogP contribution in [0.25, 0.3) is 21.8 Å². The van der Waals surface area contributed by atoms with Gasteiger partial charge in [-0.05, 0) is 56.0 Å². The fraction of sp³-hybridized carbons (Fsp3) is 0.321. The molecule has 1 saturated heterocycles. The van der Waals surface area contributed by atoms with Gasteiger partial charge in [-0.15, -0.1) is 0 Å². The predicted molar refractivity (Wildman–Crippen MR) is 146 cm³/mol. The van der Waals surface area contributed by atoms with E-state index in [4.69, 9.17) is 28.9 Å². The summed E-state index contributed by atoms with van der Waals surface area (Å²) in [6.07, 6.45) is 4.85. The highest BCUT2D eigenvalue weighted by Gasteiger charge is 2.52. The Morgan fingerprint density at radius 2 is 1.81 bits per heavy atom. The van der Waals surface area contributed by atoms with Gasteiger partial charge in [0.2, 0.25) is 5.91 Å². The number of nitrogens with zero attached hydrogens (tertiary/aromatic N) is 2. The Bertz CT molecular complexity index is 1520. The molecule has 2 aliphatic rings. The predicted octanol–water partition coefficient (Wildman–Crippen LogP) is 4.93. The highest BCUT2D eigenvalue weighted by molar-refractivity contribution is 6.36. The molecule has 3 heterocycles. The number of benzene rings is 2. The quantitative estimate of drug-likeness (QED) is 0.325. The smallest absolute Gasteiger partial charge is 0.251 e. The van der Waals surface area contributed by atoms with Crippen molar-refractivity contribution in [2.45, 2.75) is 43.7 Å². The van der Waals surface area contributed by atoms with Crippen molar-refractivity contribution in [1.82, 2.24) is 20.2 Å². The molecular weight excluding hydrogens is 509 g/mol. The number of rotatable bonds is 6. The van der Waals surface area contributed by atoms with Gasteiger partial charge in [0.05, 0.1) is 16.6 Å². The second-order valence-electron chi connectivity index (χ2n) is 10.1. The molecule has 2 aromatic heterocycles. The van der Waals surface area contributed by atoms with Crippen LogP contribution in [0.1, 0.15) is 47.3 Å². The normalized spacial score (nSPS) is 17.8. The van der Waals surface area contributed by atoms with E-state index in [2.05, 4.69) is 20.2 Å². The van der Waals surface area contributed by atoms with Crippen LogP contribution in [0.5, 0.6) is 0 Å². The van der Waals surface area contributed by atoms with Crippen molar-refractivity contribution in [1.29, 1.82) is 0 Å². The fourth-order valence-corrected chi connectivity index (χ4v) is 5.99. The SMILES string of the molecule is NC(=O)C1(c2nccc3c2[nH]c2cc(C(=O)NC4CCN(Cc5c(Cl)cccc5Cl)CC4)ccc23)CC1. The fourth-order valence-electron chi connectivity index (χ4n) is 5.47. The number of carbonyl (C=O) groups is 2. The molecule has 7 nitrogen and oxygen atoms in total. The van der Waals surface area contributed by atoms with Crippen LogP contribution >= 0.6 is 23.2 Å². The first-order valence-corrected chi connectivity index (χ1v) is 13.3. The lowest BCUT2D eigenvalue weighted by atomic mass is 9.98. The molecule has 1 aliphatic heterocycles. The summed E-state index contributed by atoms with van der Waals surface area (Å²) in [7, 11) is 0. The standard InChI is InChI=1S/C28H27Cl2N5O2/c29-21-2-1-3-22(30)20(21)15-35-12-7-17(8-13-35)33-26(36)16-4-5-18-19-6-11-32-25(24(19)34-23(18)14-16)28(9-10-28)27(31)37/h1-6,11,14,17,34H,7-10,12-13,15H2,(H2,31,37)(H,33,36). The summed E-state index contributed by atoms with van der Waals surface area (Å²) in [5.41, 5.74) is 8.91. The van der Waals surface area contributed by atoms with Crippen molar-refractivity contribution in [2.75, 3.05) is 13.1 Å². The third kappa shape index (κ3) is 4.35. The number of likely N-dealkylation sites (tertiary alicyclic amines) is 1. The van der Waals surface area contributed by atoms with Crippen molar-refractivity contribution >= 4 is 56.8 Å². The summed E-state index contributed by atoms with van der Waals surface area (Å²) in [5, 5.41) is 6.52. The van der Waals surface area contributed by atoms with Crippen LogP contribution in [0.4, 0.5) is 0 Å². The van der Waals surface area contributed by atoms with Crippen molar-refractivity contribution < 1.29 is 9.59 Å². The molecule has 190 valence electrons. The molecule has 1 saturated carbocycles. The van der Waals surface area contributed by atoms with E-state index in [1.54, 1.807) is 6.20 Å². The lowest BCUT2D eigenvalue weighted by molar-refractivity contribution is -0.120. The largest absolute Gasteiger partial charge is 0.369 e. The summed E-state index contributed by atoms with van der Waals surface area (Å²) < 4.78 is 0. The maximum atomic E-state index is 13.1. The molecule has 2 fully saturated rings. The average molecular weight is 536 g/mol. The Morgan fingerprint density at radius 3 is 2.49 bits per heavy atom. The Kier molecular flexibility index (Phi) is 6.10. The van der Waals surface area contributed by atoms with Crippen LogP contribution in [0.3, 0.4) is 0 Å². The van der Waals surface area contributed by atoms with Gasteiger partial charge in [-0.3, -0.25) is 19.5 Å². The van der Waals surface area contributed by atoms with Crippen LogP contribution in [-0.2, 0) is 16.8 Å². The van der Waals surface area contributed by atoms with Gasteiger partial charge in [-0.1, -0.05) is 35.3 Å². The van der Waals surface area contributed by atoms with Gasteiger partial charge in [-0.2, -0.15) is 0 Å². The monoisotopic (exact) mass is 535 g/mol. The van der Waals surface area contributed by atoms with Crippen molar-refractivity contribution in [3.63, 3.8) is 0 Å². The topological polar surface area (TPSA) is 104 Å². The number of carbonyl (C=O) groups excluding carboxylic acids is 2. The van der Waals surface area contributed by atoms with E-state index in [0.717, 1.165) is 53.3 Å². The summed E-state index contributed by atoms with van der Waals surface area (Å²) in [5.74, 6) is -0.436. The molecule has 2 aromatic carbocycles. The second kappa shape index (κ2) is 9.31. The number of hydrogen-bond acceptors (Lipinski definition) is 4. The maximum absolute atomic E-state index is 13.1. The van der Waals surface area contributed by atoms with Crippen LogP contribution < -0.4 is 11.1 Å². The van der Waals surface area contributed by atoms with Crippen LogP contribution in [0, 0.1) is 0 Å². The van der Waals surface area contributed by atoms with Gasteiger partial charge in [0, 0.05) is 69.3 Å². The van der Waals surface area contributed by atoms with Gasteiger partial charge in [-0.25, -0.2) is 0 Å². The first-order valence-electron chi connectivity index (χ1n) is 12.5. The van der Waals surface area contributed by atoms with Gasteiger partial charge in [0.25, 0.3) is 5.91 Å². The van der Waals surface area contributed by atoms with Crippen LogP contribution in [0.15, 0.2) is 48.7 Å². The number of fused-ring (bicyclic) bond motifs is 3. The molecule has 6 rings (SSSR count). The highest BCUT2D eigenvalue weighted by Crippen LogP contribution is 2.49. The molecule has 0 atom stereocenters. The lowest BCUT2D eigenvalue weighted by Gasteiger charge is -2.32. The van der Waals surface area contributed by atoms with E-state index in [-0.39, 0.29) is 17.9 Å². The number of H-pyrrole nitrogens is 1. The zero-order valence-corrected chi connectivity index (χ0v) is 21.7. The number of aromatic nitrogens is 2. The molecule has 0 radical (unpaired) electrons. The number of amides is 2. The molecule has 0 unspecified atom stereocenters. The van der Waals surface area contributed by atoms with Crippen molar-refractivity contribution in [2.24, 2.45) is 5.73 Å². The van der Waals surface area contributed by atoms with E-state index in [0.29, 0.717) is 40.7 Å². The number of nitrogens with one attached hydrogen (secondary N) is 2. The lowest BCUT2D eigenvalue weighted by Crippen LogP contribution is -2.44. The van der Waals surface area contributed by atoms with Crippen LogP contribution in [0.2, 0.25) is 10.0 Å². The van der Waals surface area contributed by atoms with Crippen LogP contribution in [-0.4, -0.2) is 45.8 Å².